The second kappa shape index (κ2) is 4.79. The topological polar surface area (TPSA) is 0 Å². The summed E-state index contributed by atoms with van der Waals surface area (Å²) in [5, 5.41) is 0.389. The van der Waals surface area contributed by atoms with E-state index in [1.54, 1.807) is 0 Å². The Labute approximate surface area is 104 Å². The van der Waals surface area contributed by atoms with Gasteiger partial charge in [-0.25, -0.2) is 0 Å². The summed E-state index contributed by atoms with van der Waals surface area (Å²) >= 11 is 6.28. The van der Waals surface area contributed by atoms with E-state index in [2.05, 4.69) is 32.9 Å². The van der Waals surface area contributed by atoms with Crippen molar-refractivity contribution in [2.24, 2.45) is 0 Å². The molecule has 2 rings (SSSR count). The van der Waals surface area contributed by atoms with Crippen LogP contribution in [0.25, 0.3) is 0 Å². The van der Waals surface area contributed by atoms with Gasteiger partial charge in [-0.1, -0.05) is 18.6 Å². The molecule has 1 aromatic carbocycles. The van der Waals surface area contributed by atoms with Crippen molar-refractivity contribution < 1.29 is 0 Å². The molecule has 16 heavy (non-hydrogen) atoms. The average Bonchev–Trinajstić information content (AvgIpc) is 2.23. The van der Waals surface area contributed by atoms with E-state index in [0.29, 0.717) is 11.3 Å². The van der Waals surface area contributed by atoms with Gasteiger partial charge in [0.15, 0.2) is 0 Å². The van der Waals surface area contributed by atoms with Gasteiger partial charge in [-0.3, -0.25) is 0 Å². The Kier molecular flexibility index (Phi) is 3.59. The summed E-state index contributed by atoms with van der Waals surface area (Å²) in [7, 11) is 0. The van der Waals surface area contributed by atoms with E-state index in [1.165, 1.54) is 41.5 Å². The van der Waals surface area contributed by atoms with Crippen LogP contribution in [-0.4, -0.2) is 5.38 Å². The second-order valence-electron chi connectivity index (χ2n) is 5.25. The van der Waals surface area contributed by atoms with Gasteiger partial charge in [0.1, 0.15) is 0 Å². The number of rotatable bonds is 1. The molecule has 1 heteroatoms. The zero-order valence-corrected chi connectivity index (χ0v) is 11.3. The summed E-state index contributed by atoms with van der Waals surface area (Å²) in [6, 6.07) is 4.70. The quantitative estimate of drug-likeness (QED) is 0.610. The highest BCUT2D eigenvalue weighted by Crippen LogP contribution is 2.37. The highest BCUT2D eigenvalue weighted by atomic mass is 35.5. The summed E-state index contributed by atoms with van der Waals surface area (Å²) in [6.45, 7) is 6.64. The van der Waals surface area contributed by atoms with Gasteiger partial charge < -0.3 is 0 Å². The Bertz CT molecular complexity index is 381. The summed E-state index contributed by atoms with van der Waals surface area (Å²) in [4.78, 5) is 0. The van der Waals surface area contributed by atoms with Crippen LogP contribution in [0, 0.1) is 20.8 Å². The fourth-order valence-electron chi connectivity index (χ4n) is 2.84. The van der Waals surface area contributed by atoms with Gasteiger partial charge in [0, 0.05) is 5.38 Å². The van der Waals surface area contributed by atoms with Crippen LogP contribution in [-0.2, 0) is 0 Å². The molecule has 1 aromatic rings. The molecule has 2 unspecified atom stereocenters. The molecule has 0 radical (unpaired) electrons. The van der Waals surface area contributed by atoms with E-state index in [4.69, 9.17) is 11.6 Å². The molecule has 0 saturated heterocycles. The lowest BCUT2D eigenvalue weighted by Crippen LogP contribution is -2.15. The molecule has 1 fully saturated rings. The zero-order valence-electron chi connectivity index (χ0n) is 10.5. The SMILES string of the molecule is Cc1cc(C)c(C2CCCC(Cl)C2)cc1C. The third-order valence-electron chi connectivity index (χ3n) is 3.93. The number of halogens is 1. The monoisotopic (exact) mass is 236 g/mol. The fourth-order valence-corrected chi connectivity index (χ4v) is 3.20. The van der Waals surface area contributed by atoms with Gasteiger partial charge in [-0.15, -0.1) is 11.6 Å². The molecule has 0 aliphatic heterocycles. The third kappa shape index (κ3) is 2.43. The number of benzene rings is 1. The van der Waals surface area contributed by atoms with Crippen molar-refractivity contribution in [3.05, 3.63) is 34.4 Å². The van der Waals surface area contributed by atoms with Crippen molar-refractivity contribution in [2.75, 3.05) is 0 Å². The summed E-state index contributed by atoms with van der Waals surface area (Å²) in [6.07, 6.45) is 4.95. The number of aryl methyl sites for hydroxylation is 3. The van der Waals surface area contributed by atoms with Gasteiger partial charge in [0.25, 0.3) is 0 Å². The molecule has 88 valence electrons. The zero-order chi connectivity index (χ0) is 11.7. The van der Waals surface area contributed by atoms with E-state index in [0.717, 1.165) is 6.42 Å². The maximum Gasteiger partial charge on any atom is 0.0341 e. The van der Waals surface area contributed by atoms with Gasteiger partial charge in [0.05, 0.1) is 0 Å². The van der Waals surface area contributed by atoms with E-state index in [9.17, 15) is 0 Å². The lowest BCUT2D eigenvalue weighted by Gasteiger charge is -2.27. The van der Waals surface area contributed by atoms with Crippen LogP contribution in [0.1, 0.15) is 53.9 Å². The van der Waals surface area contributed by atoms with Crippen LogP contribution < -0.4 is 0 Å². The van der Waals surface area contributed by atoms with Crippen molar-refractivity contribution in [3.63, 3.8) is 0 Å². The van der Waals surface area contributed by atoms with E-state index in [1.807, 2.05) is 0 Å². The molecule has 0 heterocycles. The maximum atomic E-state index is 6.28. The summed E-state index contributed by atoms with van der Waals surface area (Å²) < 4.78 is 0. The van der Waals surface area contributed by atoms with Gasteiger partial charge in [0.2, 0.25) is 0 Å². The number of hydrogen-bond donors (Lipinski definition) is 0. The molecule has 0 bridgehead atoms. The predicted octanol–water partition coefficient (Wildman–Crippen LogP) is 4.88. The van der Waals surface area contributed by atoms with Crippen molar-refractivity contribution >= 4 is 11.6 Å². The minimum Gasteiger partial charge on any atom is -0.123 e. The molecular formula is C15H21Cl. The van der Waals surface area contributed by atoms with Crippen molar-refractivity contribution in [1.82, 2.24) is 0 Å². The third-order valence-corrected chi connectivity index (χ3v) is 4.33. The van der Waals surface area contributed by atoms with E-state index >= 15 is 0 Å². The molecule has 0 amide bonds. The first-order valence-electron chi connectivity index (χ1n) is 6.29. The van der Waals surface area contributed by atoms with Crippen LogP contribution in [0.15, 0.2) is 12.1 Å². The van der Waals surface area contributed by atoms with Crippen molar-refractivity contribution in [2.45, 2.75) is 57.7 Å². The van der Waals surface area contributed by atoms with E-state index in [-0.39, 0.29) is 0 Å². The van der Waals surface area contributed by atoms with Crippen LogP contribution >= 0.6 is 11.6 Å². The molecule has 1 aliphatic rings. The van der Waals surface area contributed by atoms with Crippen molar-refractivity contribution in [3.8, 4) is 0 Å². The molecular weight excluding hydrogens is 216 g/mol. The fraction of sp³-hybridized carbons (Fsp3) is 0.600. The van der Waals surface area contributed by atoms with Crippen LogP contribution in [0.4, 0.5) is 0 Å². The normalized spacial score (nSPS) is 25.8. The molecule has 0 aromatic heterocycles. The Hall–Kier alpha value is -0.490. The van der Waals surface area contributed by atoms with Crippen LogP contribution in [0.5, 0.6) is 0 Å². The first kappa shape index (κ1) is 12.0. The Balaban J connectivity index is 2.29. The van der Waals surface area contributed by atoms with Gasteiger partial charge in [-0.2, -0.15) is 0 Å². The highest BCUT2D eigenvalue weighted by Gasteiger charge is 2.23. The molecule has 0 nitrogen and oxygen atoms in total. The standard InChI is InChI=1S/C15H21Cl/c1-10-7-12(3)15(8-11(10)2)13-5-4-6-14(16)9-13/h7-8,13-14H,4-6,9H2,1-3H3. The van der Waals surface area contributed by atoms with Gasteiger partial charge in [-0.05, 0) is 68.2 Å². The number of hydrogen-bond acceptors (Lipinski definition) is 0. The molecule has 1 aliphatic carbocycles. The Morgan fingerprint density at radius 1 is 1.00 bits per heavy atom. The summed E-state index contributed by atoms with van der Waals surface area (Å²) in [5.74, 6) is 0.690. The highest BCUT2D eigenvalue weighted by molar-refractivity contribution is 6.20. The van der Waals surface area contributed by atoms with Crippen LogP contribution in [0.3, 0.4) is 0 Å². The molecule has 2 atom stereocenters. The predicted molar refractivity (Wildman–Crippen MR) is 71.5 cm³/mol. The Morgan fingerprint density at radius 3 is 2.38 bits per heavy atom. The molecule has 0 N–H and O–H groups in total. The first-order chi connectivity index (χ1) is 7.58. The van der Waals surface area contributed by atoms with Crippen LogP contribution in [0.2, 0.25) is 0 Å². The minimum atomic E-state index is 0.389. The van der Waals surface area contributed by atoms with Crippen molar-refractivity contribution in [1.29, 1.82) is 0 Å². The lowest BCUT2D eigenvalue weighted by atomic mass is 9.81. The largest absolute Gasteiger partial charge is 0.123 e. The average molecular weight is 237 g/mol. The Morgan fingerprint density at radius 2 is 1.69 bits per heavy atom. The minimum absolute atomic E-state index is 0.389. The van der Waals surface area contributed by atoms with Gasteiger partial charge >= 0.3 is 0 Å². The van der Waals surface area contributed by atoms with E-state index < -0.39 is 0 Å². The molecule has 1 saturated carbocycles. The number of alkyl halides is 1. The maximum absolute atomic E-state index is 6.28. The lowest BCUT2D eigenvalue weighted by molar-refractivity contribution is 0.448. The molecule has 0 spiro atoms. The first-order valence-corrected chi connectivity index (χ1v) is 6.73. The smallest absolute Gasteiger partial charge is 0.0341 e. The second-order valence-corrected chi connectivity index (χ2v) is 5.87. The summed E-state index contributed by atoms with van der Waals surface area (Å²) in [5.41, 5.74) is 5.80.